The summed E-state index contributed by atoms with van der Waals surface area (Å²) in [4.78, 5) is 0. The van der Waals surface area contributed by atoms with Gasteiger partial charge in [0.05, 0.1) is 22.5 Å². The number of nitrogens with one attached hydrogen (secondary N) is 1. The Bertz CT molecular complexity index is 413. The average molecular weight is 346 g/mol. The van der Waals surface area contributed by atoms with E-state index in [9.17, 15) is 0 Å². The molecule has 0 unspecified atom stereocenters. The largest absolute Gasteiger partial charge is 0.383 e. The molecular formula is C15H28BrN3O. The van der Waals surface area contributed by atoms with E-state index in [1.807, 2.05) is 18.7 Å². The molecule has 0 aliphatic heterocycles. The highest BCUT2D eigenvalue weighted by molar-refractivity contribution is 9.10. The van der Waals surface area contributed by atoms with E-state index in [-0.39, 0.29) is 5.41 Å². The minimum absolute atomic E-state index is 0.274. The van der Waals surface area contributed by atoms with Gasteiger partial charge in [-0.05, 0) is 47.5 Å². The standard InChI is InChI=1S/C15H28BrN3O/c1-6-15(7-2,11-17-8-9-20-5)10-13-14(16)12(3)18-19(13)4/h17H,6-11H2,1-5H3. The highest BCUT2D eigenvalue weighted by Crippen LogP contribution is 2.33. The monoisotopic (exact) mass is 345 g/mol. The highest BCUT2D eigenvalue weighted by atomic mass is 79.9. The van der Waals surface area contributed by atoms with Crippen LogP contribution >= 0.6 is 15.9 Å². The summed E-state index contributed by atoms with van der Waals surface area (Å²) in [5.41, 5.74) is 2.63. The zero-order valence-corrected chi connectivity index (χ0v) is 15.0. The molecule has 0 bridgehead atoms. The molecule has 0 radical (unpaired) electrons. The fourth-order valence-corrected chi connectivity index (χ4v) is 3.04. The van der Waals surface area contributed by atoms with Crippen LogP contribution in [0.5, 0.6) is 0 Å². The zero-order valence-electron chi connectivity index (χ0n) is 13.4. The molecule has 0 fully saturated rings. The summed E-state index contributed by atoms with van der Waals surface area (Å²) in [7, 11) is 3.77. The van der Waals surface area contributed by atoms with Crippen LogP contribution in [0.3, 0.4) is 0 Å². The molecule has 0 spiro atoms. The summed E-state index contributed by atoms with van der Waals surface area (Å²) in [5.74, 6) is 0. The van der Waals surface area contributed by atoms with E-state index in [4.69, 9.17) is 4.74 Å². The number of methoxy groups -OCH3 is 1. The molecule has 0 amide bonds. The van der Waals surface area contributed by atoms with Crippen LogP contribution in [0.25, 0.3) is 0 Å². The Hall–Kier alpha value is -0.390. The van der Waals surface area contributed by atoms with E-state index in [2.05, 4.69) is 40.2 Å². The van der Waals surface area contributed by atoms with Crippen molar-refractivity contribution >= 4 is 15.9 Å². The lowest BCUT2D eigenvalue weighted by molar-refractivity contribution is 0.184. The van der Waals surface area contributed by atoms with E-state index in [1.54, 1.807) is 7.11 Å². The van der Waals surface area contributed by atoms with Crippen LogP contribution in [0.1, 0.15) is 38.1 Å². The Morgan fingerprint density at radius 1 is 1.35 bits per heavy atom. The molecule has 1 heterocycles. The molecule has 0 aliphatic carbocycles. The second-order valence-electron chi connectivity index (χ2n) is 5.52. The predicted molar refractivity (Wildman–Crippen MR) is 87.1 cm³/mol. The molecule has 0 aliphatic rings. The summed E-state index contributed by atoms with van der Waals surface area (Å²) >= 11 is 3.68. The van der Waals surface area contributed by atoms with Gasteiger partial charge < -0.3 is 10.1 Å². The number of aryl methyl sites for hydroxylation is 2. The lowest BCUT2D eigenvalue weighted by Gasteiger charge is -2.32. The van der Waals surface area contributed by atoms with Crippen LogP contribution in [0, 0.1) is 12.3 Å². The Morgan fingerprint density at radius 3 is 2.45 bits per heavy atom. The quantitative estimate of drug-likeness (QED) is 0.699. The van der Waals surface area contributed by atoms with Gasteiger partial charge >= 0.3 is 0 Å². The zero-order chi connectivity index (χ0) is 15.2. The topological polar surface area (TPSA) is 39.1 Å². The summed E-state index contributed by atoms with van der Waals surface area (Å²) in [5, 5.41) is 8.03. The van der Waals surface area contributed by atoms with Gasteiger partial charge in [-0.15, -0.1) is 0 Å². The van der Waals surface area contributed by atoms with Gasteiger partial charge in [0.25, 0.3) is 0 Å². The smallest absolute Gasteiger partial charge is 0.0738 e. The Kier molecular flexibility index (Phi) is 7.20. The van der Waals surface area contributed by atoms with Gasteiger partial charge in [0.1, 0.15) is 0 Å². The van der Waals surface area contributed by atoms with Crippen LogP contribution in [0.2, 0.25) is 0 Å². The maximum atomic E-state index is 5.10. The van der Waals surface area contributed by atoms with E-state index >= 15 is 0 Å². The first-order valence-corrected chi connectivity index (χ1v) is 8.16. The third-order valence-electron chi connectivity index (χ3n) is 4.29. The third kappa shape index (κ3) is 4.30. The molecule has 4 nitrogen and oxygen atoms in total. The molecule has 1 rings (SSSR count). The fraction of sp³-hybridized carbons (Fsp3) is 0.800. The first kappa shape index (κ1) is 17.7. The first-order valence-electron chi connectivity index (χ1n) is 7.37. The molecule has 5 heteroatoms. The van der Waals surface area contributed by atoms with Crippen molar-refractivity contribution < 1.29 is 4.74 Å². The molecule has 1 aromatic rings. The van der Waals surface area contributed by atoms with Crippen LogP contribution < -0.4 is 5.32 Å². The number of nitrogens with zero attached hydrogens (tertiary/aromatic N) is 2. The Balaban J connectivity index is 2.79. The second kappa shape index (κ2) is 8.15. The number of ether oxygens (including phenoxy) is 1. The van der Waals surface area contributed by atoms with Crippen molar-refractivity contribution in [1.29, 1.82) is 0 Å². The van der Waals surface area contributed by atoms with Crippen molar-refractivity contribution in [2.24, 2.45) is 12.5 Å². The minimum atomic E-state index is 0.274. The molecule has 0 aromatic carbocycles. The van der Waals surface area contributed by atoms with Crippen molar-refractivity contribution in [3.63, 3.8) is 0 Å². The molecule has 116 valence electrons. The van der Waals surface area contributed by atoms with E-state index < -0.39 is 0 Å². The summed E-state index contributed by atoms with van der Waals surface area (Å²) in [6.45, 7) is 9.28. The molecular weight excluding hydrogens is 318 g/mol. The van der Waals surface area contributed by atoms with Gasteiger partial charge in [-0.2, -0.15) is 5.10 Å². The van der Waals surface area contributed by atoms with E-state index in [0.29, 0.717) is 0 Å². The van der Waals surface area contributed by atoms with Gasteiger partial charge in [-0.3, -0.25) is 4.68 Å². The molecule has 0 saturated heterocycles. The molecule has 1 aromatic heterocycles. The number of rotatable bonds is 9. The van der Waals surface area contributed by atoms with Gasteiger partial charge in [0, 0.05) is 27.2 Å². The van der Waals surface area contributed by atoms with Gasteiger partial charge in [0.2, 0.25) is 0 Å². The maximum Gasteiger partial charge on any atom is 0.0738 e. The predicted octanol–water partition coefficient (Wildman–Crippen LogP) is 3.08. The normalized spacial score (nSPS) is 12.1. The van der Waals surface area contributed by atoms with Crippen LogP contribution in [0.15, 0.2) is 4.47 Å². The van der Waals surface area contributed by atoms with Crippen LogP contribution in [-0.4, -0.2) is 36.6 Å². The Labute approximate surface area is 131 Å². The lowest BCUT2D eigenvalue weighted by Crippen LogP contribution is -2.37. The SMILES string of the molecule is CCC(CC)(CNCCOC)Cc1c(Br)c(C)nn1C. The van der Waals surface area contributed by atoms with Crippen LogP contribution in [0.4, 0.5) is 0 Å². The van der Waals surface area contributed by atoms with Crippen molar-refractivity contribution in [3.05, 3.63) is 15.9 Å². The van der Waals surface area contributed by atoms with E-state index in [1.165, 1.54) is 5.69 Å². The van der Waals surface area contributed by atoms with Gasteiger partial charge in [-0.1, -0.05) is 13.8 Å². The lowest BCUT2D eigenvalue weighted by atomic mass is 9.78. The summed E-state index contributed by atoms with van der Waals surface area (Å²) in [6, 6.07) is 0. The highest BCUT2D eigenvalue weighted by Gasteiger charge is 2.29. The summed E-state index contributed by atoms with van der Waals surface area (Å²) < 4.78 is 8.26. The minimum Gasteiger partial charge on any atom is -0.383 e. The van der Waals surface area contributed by atoms with Crippen LogP contribution in [-0.2, 0) is 18.2 Å². The summed E-state index contributed by atoms with van der Waals surface area (Å²) in [6.07, 6.45) is 3.35. The molecule has 20 heavy (non-hydrogen) atoms. The second-order valence-corrected chi connectivity index (χ2v) is 6.32. The maximum absolute atomic E-state index is 5.10. The number of hydrogen-bond donors (Lipinski definition) is 1. The fourth-order valence-electron chi connectivity index (χ4n) is 2.57. The third-order valence-corrected chi connectivity index (χ3v) is 5.32. The number of halogens is 1. The molecule has 0 saturated carbocycles. The molecule has 0 atom stereocenters. The van der Waals surface area contributed by atoms with Gasteiger partial charge in [-0.25, -0.2) is 0 Å². The average Bonchev–Trinajstić information content (AvgIpc) is 2.68. The van der Waals surface area contributed by atoms with Crippen molar-refractivity contribution in [2.75, 3.05) is 26.8 Å². The number of aromatic nitrogens is 2. The molecule has 1 N–H and O–H groups in total. The van der Waals surface area contributed by atoms with Gasteiger partial charge in [0.15, 0.2) is 0 Å². The van der Waals surface area contributed by atoms with Crippen molar-refractivity contribution in [2.45, 2.75) is 40.0 Å². The van der Waals surface area contributed by atoms with Crippen molar-refractivity contribution in [3.8, 4) is 0 Å². The Morgan fingerprint density at radius 2 is 2.00 bits per heavy atom. The first-order chi connectivity index (χ1) is 9.49. The van der Waals surface area contributed by atoms with E-state index in [0.717, 1.165) is 49.1 Å². The van der Waals surface area contributed by atoms with Crippen molar-refractivity contribution in [1.82, 2.24) is 15.1 Å². The number of hydrogen-bond acceptors (Lipinski definition) is 3.